The molecule has 0 aliphatic carbocycles. The normalized spacial score (nSPS) is 11.2. The molecular formula is C13H10BrN3. The van der Waals surface area contributed by atoms with E-state index in [0.717, 1.165) is 15.7 Å². The van der Waals surface area contributed by atoms with Crippen LogP contribution < -0.4 is 0 Å². The van der Waals surface area contributed by atoms with Crippen molar-refractivity contribution in [3.63, 3.8) is 0 Å². The van der Waals surface area contributed by atoms with Crippen LogP contribution in [0.1, 0.15) is 11.3 Å². The van der Waals surface area contributed by atoms with E-state index >= 15 is 0 Å². The molecule has 2 aromatic rings. The van der Waals surface area contributed by atoms with E-state index in [-0.39, 0.29) is 0 Å². The van der Waals surface area contributed by atoms with Crippen LogP contribution in [0, 0.1) is 11.3 Å². The molecule has 0 aliphatic heterocycles. The lowest BCUT2D eigenvalue weighted by Crippen LogP contribution is -1.93. The highest BCUT2D eigenvalue weighted by Crippen LogP contribution is 2.22. The number of aryl methyl sites for hydroxylation is 1. The first-order chi connectivity index (χ1) is 8.22. The Balaban J connectivity index is 2.48. The number of halogens is 1. The molecule has 3 nitrogen and oxygen atoms in total. The Morgan fingerprint density at radius 3 is 2.65 bits per heavy atom. The maximum Gasteiger partial charge on any atom is 0.0998 e. The zero-order chi connectivity index (χ0) is 12.3. The molecule has 0 bridgehead atoms. The molecule has 0 fully saturated rings. The lowest BCUT2D eigenvalue weighted by atomic mass is 10.1. The van der Waals surface area contributed by atoms with Crippen LogP contribution in [0.4, 0.5) is 0 Å². The first-order valence-corrected chi connectivity index (χ1v) is 5.86. The molecule has 1 aromatic carbocycles. The third-order valence-corrected chi connectivity index (χ3v) is 3.03. The van der Waals surface area contributed by atoms with E-state index in [1.807, 2.05) is 43.5 Å². The predicted molar refractivity (Wildman–Crippen MR) is 70.8 cm³/mol. The van der Waals surface area contributed by atoms with Gasteiger partial charge in [0.05, 0.1) is 28.0 Å². The summed E-state index contributed by atoms with van der Waals surface area (Å²) >= 11 is 3.41. The molecule has 1 aromatic heterocycles. The predicted octanol–water partition coefficient (Wildman–Crippen LogP) is 3.25. The molecule has 0 radical (unpaired) electrons. The number of aromatic nitrogens is 2. The number of rotatable bonds is 2. The maximum absolute atomic E-state index is 9.20. The van der Waals surface area contributed by atoms with E-state index in [1.54, 1.807) is 10.9 Å². The minimum Gasteiger partial charge on any atom is -0.267 e. The van der Waals surface area contributed by atoms with Crippen LogP contribution in [-0.4, -0.2) is 9.78 Å². The van der Waals surface area contributed by atoms with E-state index in [1.165, 1.54) is 0 Å². The molecule has 0 spiro atoms. The molecule has 0 saturated carbocycles. The molecule has 4 heteroatoms. The smallest absolute Gasteiger partial charge is 0.0998 e. The molecule has 0 aliphatic rings. The minimum atomic E-state index is 0.620. The summed E-state index contributed by atoms with van der Waals surface area (Å²) in [6.07, 6.45) is 3.54. The summed E-state index contributed by atoms with van der Waals surface area (Å²) in [4.78, 5) is 0. The molecule has 0 unspecified atom stereocenters. The van der Waals surface area contributed by atoms with Gasteiger partial charge < -0.3 is 0 Å². The summed E-state index contributed by atoms with van der Waals surface area (Å²) in [7, 11) is 1.84. The number of nitriles is 1. The van der Waals surface area contributed by atoms with Crippen molar-refractivity contribution in [1.29, 1.82) is 5.26 Å². The molecule has 0 saturated heterocycles. The first kappa shape index (κ1) is 11.6. The van der Waals surface area contributed by atoms with Crippen LogP contribution in [0.2, 0.25) is 0 Å². The number of nitrogens with zero attached hydrogens (tertiary/aromatic N) is 3. The van der Waals surface area contributed by atoms with Gasteiger partial charge >= 0.3 is 0 Å². The topological polar surface area (TPSA) is 41.6 Å². The second kappa shape index (κ2) is 4.98. The highest BCUT2D eigenvalue weighted by Gasteiger charge is 2.06. The zero-order valence-electron chi connectivity index (χ0n) is 9.26. The van der Waals surface area contributed by atoms with Gasteiger partial charge in [-0.3, -0.25) is 4.68 Å². The molecule has 17 heavy (non-hydrogen) atoms. The summed E-state index contributed by atoms with van der Waals surface area (Å²) in [6, 6.07) is 11.8. The second-order valence-electron chi connectivity index (χ2n) is 3.54. The fraction of sp³-hybridized carbons (Fsp3) is 0.0769. The van der Waals surface area contributed by atoms with Crippen molar-refractivity contribution in [3.8, 4) is 6.07 Å². The molecule has 1 heterocycles. The van der Waals surface area contributed by atoms with E-state index in [9.17, 15) is 5.26 Å². The average molecular weight is 288 g/mol. The monoisotopic (exact) mass is 287 g/mol. The average Bonchev–Trinajstić information content (AvgIpc) is 2.68. The van der Waals surface area contributed by atoms with Crippen LogP contribution in [0.25, 0.3) is 11.6 Å². The van der Waals surface area contributed by atoms with Crippen LogP contribution in [0.5, 0.6) is 0 Å². The van der Waals surface area contributed by atoms with Gasteiger partial charge in [-0.15, -0.1) is 0 Å². The van der Waals surface area contributed by atoms with Crippen LogP contribution in [0.15, 0.2) is 41.0 Å². The van der Waals surface area contributed by atoms with Gasteiger partial charge in [-0.25, -0.2) is 0 Å². The SMILES string of the molecule is Cn1ncc(Br)c1/C=C(\C#N)c1ccccc1. The third kappa shape index (κ3) is 2.45. The van der Waals surface area contributed by atoms with Crippen molar-refractivity contribution >= 4 is 27.6 Å². The van der Waals surface area contributed by atoms with Crippen LogP contribution in [-0.2, 0) is 7.05 Å². The first-order valence-electron chi connectivity index (χ1n) is 5.07. The van der Waals surface area contributed by atoms with Crippen molar-refractivity contribution < 1.29 is 0 Å². The van der Waals surface area contributed by atoms with Crippen molar-refractivity contribution in [2.45, 2.75) is 0 Å². The highest BCUT2D eigenvalue weighted by molar-refractivity contribution is 9.10. The molecule has 0 N–H and O–H groups in total. The summed E-state index contributed by atoms with van der Waals surface area (Å²) in [5, 5.41) is 13.3. The Hall–Kier alpha value is -1.86. The fourth-order valence-electron chi connectivity index (χ4n) is 1.52. The number of hydrogen-bond acceptors (Lipinski definition) is 2. The maximum atomic E-state index is 9.20. The lowest BCUT2D eigenvalue weighted by Gasteiger charge is -2.00. The Morgan fingerprint density at radius 1 is 1.41 bits per heavy atom. The van der Waals surface area contributed by atoms with E-state index < -0.39 is 0 Å². The third-order valence-electron chi connectivity index (χ3n) is 2.42. The summed E-state index contributed by atoms with van der Waals surface area (Å²) in [5.41, 5.74) is 2.41. The summed E-state index contributed by atoms with van der Waals surface area (Å²) in [5.74, 6) is 0. The second-order valence-corrected chi connectivity index (χ2v) is 4.39. The van der Waals surface area contributed by atoms with E-state index in [4.69, 9.17) is 0 Å². The van der Waals surface area contributed by atoms with E-state index in [2.05, 4.69) is 27.1 Å². The van der Waals surface area contributed by atoms with Crippen LogP contribution in [0.3, 0.4) is 0 Å². The molecule has 0 amide bonds. The van der Waals surface area contributed by atoms with Crippen molar-refractivity contribution in [1.82, 2.24) is 9.78 Å². The quantitative estimate of drug-likeness (QED) is 0.796. The van der Waals surface area contributed by atoms with Crippen molar-refractivity contribution in [2.75, 3.05) is 0 Å². The standard InChI is InChI=1S/C13H10BrN3/c1-17-13(12(14)9-16-17)7-11(8-15)10-5-3-2-4-6-10/h2-7,9H,1H3/b11-7+. The van der Waals surface area contributed by atoms with Gasteiger partial charge in [-0.05, 0) is 27.6 Å². The lowest BCUT2D eigenvalue weighted by molar-refractivity contribution is 0.759. The molecule has 0 atom stereocenters. The fourth-order valence-corrected chi connectivity index (χ4v) is 1.98. The van der Waals surface area contributed by atoms with Gasteiger partial charge in [0.25, 0.3) is 0 Å². The Morgan fingerprint density at radius 2 is 2.12 bits per heavy atom. The van der Waals surface area contributed by atoms with Gasteiger partial charge in [0.2, 0.25) is 0 Å². The minimum absolute atomic E-state index is 0.620. The number of benzene rings is 1. The largest absolute Gasteiger partial charge is 0.267 e. The molecule has 84 valence electrons. The zero-order valence-corrected chi connectivity index (χ0v) is 10.8. The van der Waals surface area contributed by atoms with Gasteiger partial charge in [0.15, 0.2) is 0 Å². The van der Waals surface area contributed by atoms with Gasteiger partial charge in [-0.1, -0.05) is 30.3 Å². The number of allylic oxidation sites excluding steroid dienone is 1. The van der Waals surface area contributed by atoms with Crippen LogP contribution >= 0.6 is 15.9 Å². The van der Waals surface area contributed by atoms with E-state index in [0.29, 0.717) is 5.57 Å². The van der Waals surface area contributed by atoms with Gasteiger partial charge in [0.1, 0.15) is 0 Å². The molecule has 2 rings (SSSR count). The summed E-state index contributed by atoms with van der Waals surface area (Å²) < 4.78 is 2.60. The number of hydrogen-bond donors (Lipinski definition) is 0. The Kier molecular flexibility index (Phi) is 3.40. The van der Waals surface area contributed by atoms with Crippen molar-refractivity contribution in [3.05, 3.63) is 52.3 Å². The summed E-state index contributed by atoms with van der Waals surface area (Å²) in [6.45, 7) is 0. The van der Waals surface area contributed by atoms with Gasteiger partial charge in [0, 0.05) is 7.05 Å². The van der Waals surface area contributed by atoms with Crippen molar-refractivity contribution in [2.24, 2.45) is 7.05 Å². The Labute approximate surface area is 108 Å². The highest BCUT2D eigenvalue weighted by atomic mass is 79.9. The Bertz CT molecular complexity index is 571. The van der Waals surface area contributed by atoms with Gasteiger partial charge in [-0.2, -0.15) is 10.4 Å². The molecular weight excluding hydrogens is 278 g/mol.